The molecule has 0 aliphatic rings. The van der Waals surface area contributed by atoms with E-state index in [1.807, 2.05) is 6.92 Å². The molecule has 0 aromatic heterocycles. The lowest BCUT2D eigenvalue weighted by molar-refractivity contribution is -0.126. The van der Waals surface area contributed by atoms with Gasteiger partial charge in [-0.15, -0.1) is 11.6 Å². The van der Waals surface area contributed by atoms with Crippen molar-refractivity contribution in [3.05, 3.63) is 0 Å². The Bertz CT molecular complexity index is 186. The predicted molar refractivity (Wildman–Crippen MR) is 56.3 cm³/mol. The first kappa shape index (κ1) is 13.2. The number of carbonyl (C=O) groups is 2. The van der Waals surface area contributed by atoms with Crippen LogP contribution in [0.15, 0.2) is 0 Å². The first-order valence-corrected chi connectivity index (χ1v) is 5.33. The van der Waals surface area contributed by atoms with Gasteiger partial charge in [-0.2, -0.15) is 0 Å². The van der Waals surface area contributed by atoms with Crippen molar-refractivity contribution in [1.29, 1.82) is 0 Å². The van der Waals surface area contributed by atoms with Crippen molar-refractivity contribution in [1.82, 2.24) is 10.6 Å². The standard InChI is InChI=1S/C9H17ClN2O2/c1-2-11-9(14)7-12-8(13)5-3-4-6-10/h2-7H2,1H3,(H,11,14)(H,12,13). The van der Waals surface area contributed by atoms with Gasteiger partial charge < -0.3 is 10.6 Å². The molecule has 0 saturated carbocycles. The van der Waals surface area contributed by atoms with E-state index in [-0.39, 0.29) is 18.4 Å². The normalized spacial score (nSPS) is 9.57. The Kier molecular flexibility index (Phi) is 8.33. The minimum absolute atomic E-state index is 0.0630. The lowest BCUT2D eigenvalue weighted by atomic mass is 10.2. The van der Waals surface area contributed by atoms with Crippen molar-refractivity contribution >= 4 is 23.4 Å². The molecule has 0 heterocycles. The molecule has 0 aliphatic heterocycles. The van der Waals surface area contributed by atoms with Crippen LogP contribution in [0.1, 0.15) is 26.2 Å². The monoisotopic (exact) mass is 220 g/mol. The van der Waals surface area contributed by atoms with E-state index < -0.39 is 0 Å². The van der Waals surface area contributed by atoms with Gasteiger partial charge in [0, 0.05) is 18.8 Å². The molecule has 2 amide bonds. The Balaban J connectivity index is 3.39. The zero-order chi connectivity index (χ0) is 10.8. The zero-order valence-electron chi connectivity index (χ0n) is 8.44. The second-order valence-corrected chi connectivity index (χ2v) is 3.25. The fourth-order valence-corrected chi connectivity index (χ4v) is 1.10. The zero-order valence-corrected chi connectivity index (χ0v) is 9.19. The maximum absolute atomic E-state index is 11.1. The van der Waals surface area contributed by atoms with Crippen molar-refractivity contribution in [3.8, 4) is 0 Å². The number of unbranched alkanes of at least 4 members (excludes halogenated alkanes) is 1. The molecule has 5 heteroatoms. The molecule has 4 nitrogen and oxygen atoms in total. The average Bonchev–Trinajstić information content (AvgIpc) is 2.16. The molecule has 82 valence electrons. The quantitative estimate of drug-likeness (QED) is 0.489. The molecule has 0 aromatic rings. The van der Waals surface area contributed by atoms with Crippen LogP contribution in [0, 0.1) is 0 Å². The number of rotatable bonds is 7. The van der Waals surface area contributed by atoms with Crippen molar-refractivity contribution in [2.24, 2.45) is 0 Å². The fourth-order valence-electron chi connectivity index (χ4n) is 0.907. The summed E-state index contributed by atoms with van der Waals surface area (Å²) in [6, 6.07) is 0. The van der Waals surface area contributed by atoms with Crippen LogP contribution in [-0.2, 0) is 9.59 Å². The van der Waals surface area contributed by atoms with Gasteiger partial charge in [0.1, 0.15) is 0 Å². The van der Waals surface area contributed by atoms with Gasteiger partial charge in [-0.3, -0.25) is 9.59 Å². The number of likely N-dealkylation sites (N-methyl/N-ethyl adjacent to an activating group) is 1. The van der Waals surface area contributed by atoms with Crippen molar-refractivity contribution in [2.75, 3.05) is 19.0 Å². The van der Waals surface area contributed by atoms with E-state index in [1.165, 1.54) is 0 Å². The average molecular weight is 221 g/mol. The number of hydrogen-bond donors (Lipinski definition) is 2. The fraction of sp³-hybridized carbons (Fsp3) is 0.778. The van der Waals surface area contributed by atoms with Gasteiger partial charge in [-0.1, -0.05) is 0 Å². The van der Waals surface area contributed by atoms with E-state index in [2.05, 4.69) is 10.6 Å². The molecule has 0 atom stereocenters. The van der Waals surface area contributed by atoms with Gasteiger partial charge in [0.05, 0.1) is 6.54 Å². The number of nitrogens with one attached hydrogen (secondary N) is 2. The number of amides is 2. The number of hydrogen-bond acceptors (Lipinski definition) is 2. The highest BCUT2D eigenvalue weighted by molar-refractivity contribution is 6.17. The summed E-state index contributed by atoms with van der Waals surface area (Å²) in [7, 11) is 0. The lowest BCUT2D eigenvalue weighted by Crippen LogP contribution is -2.36. The second kappa shape index (κ2) is 8.81. The molecule has 0 spiro atoms. The smallest absolute Gasteiger partial charge is 0.239 e. The molecule has 0 saturated heterocycles. The summed E-state index contributed by atoms with van der Waals surface area (Å²) in [5.41, 5.74) is 0. The Labute approximate surface area is 89.4 Å². The molecule has 0 bridgehead atoms. The number of alkyl halides is 1. The summed E-state index contributed by atoms with van der Waals surface area (Å²) >= 11 is 5.46. The topological polar surface area (TPSA) is 58.2 Å². The van der Waals surface area contributed by atoms with Crippen LogP contribution in [0.3, 0.4) is 0 Å². The van der Waals surface area contributed by atoms with E-state index in [0.29, 0.717) is 18.8 Å². The maximum atomic E-state index is 11.1. The summed E-state index contributed by atoms with van der Waals surface area (Å²) in [5, 5.41) is 5.13. The van der Waals surface area contributed by atoms with Gasteiger partial charge in [0.25, 0.3) is 0 Å². The highest BCUT2D eigenvalue weighted by Crippen LogP contribution is 1.96. The molecule has 0 radical (unpaired) electrons. The van der Waals surface area contributed by atoms with Crippen LogP contribution in [0.2, 0.25) is 0 Å². The molecule has 0 rings (SSSR count). The summed E-state index contributed by atoms with van der Waals surface area (Å²) in [4.78, 5) is 22.0. The van der Waals surface area contributed by atoms with Crippen LogP contribution in [0.25, 0.3) is 0 Å². The van der Waals surface area contributed by atoms with Crippen LogP contribution in [-0.4, -0.2) is 30.8 Å². The van der Waals surface area contributed by atoms with E-state index in [1.54, 1.807) is 0 Å². The minimum Gasteiger partial charge on any atom is -0.355 e. The van der Waals surface area contributed by atoms with Crippen molar-refractivity contribution in [2.45, 2.75) is 26.2 Å². The molecule has 0 aliphatic carbocycles. The number of carbonyl (C=O) groups excluding carboxylic acids is 2. The third-order valence-electron chi connectivity index (χ3n) is 1.61. The van der Waals surface area contributed by atoms with Gasteiger partial charge in [0.15, 0.2) is 0 Å². The summed E-state index contributed by atoms with van der Waals surface area (Å²) in [6.45, 7) is 2.48. The minimum atomic E-state index is -0.154. The Morgan fingerprint density at radius 1 is 1.14 bits per heavy atom. The van der Waals surface area contributed by atoms with E-state index in [0.717, 1.165) is 12.8 Å². The molecular formula is C9H17ClN2O2. The molecule has 0 unspecified atom stereocenters. The Morgan fingerprint density at radius 3 is 2.43 bits per heavy atom. The van der Waals surface area contributed by atoms with Gasteiger partial charge in [-0.25, -0.2) is 0 Å². The predicted octanol–water partition coefficient (Wildman–Crippen LogP) is 0.648. The van der Waals surface area contributed by atoms with Gasteiger partial charge in [-0.05, 0) is 19.8 Å². The van der Waals surface area contributed by atoms with Crippen molar-refractivity contribution < 1.29 is 9.59 Å². The summed E-state index contributed by atoms with van der Waals surface area (Å²) in [5.74, 6) is 0.323. The molecule has 0 fully saturated rings. The van der Waals surface area contributed by atoms with Crippen LogP contribution in [0.4, 0.5) is 0 Å². The SMILES string of the molecule is CCNC(=O)CNC(=O)CCCCCl. The Morgan fingerprint density at radius 2 is 1.86 bits per heavy atom. The van der Waals surface area contributed by atoms with Crippen molar-refractivity contribution in [3.63, 3.8) is 0 Å². The molecular weight excluding hydrogens is 204 g/mol. The molecule has 2 N–H and O–H groups in total. The van der Waals surface area contributed by atoms with Crippen LogP contribution < -0.4 is 10.6 Å². The molecule has 0 aromatic carbocycles. The first-order valence-electron chi connectivity index (χ1n) is 4.80. The van der Waals surface area contributed by atoms with E-state index >= 15 is 0 Å². The van der Waals surface area contributed by atoms with Crippen LogP contribution in [0.5, 0.6) is 0 Å². The second-order valence-electron chi connectivity index (χ2n) is 2.88. The summed E-state index contributed by atoms with van der Waals surface area (Å²) in [6.07, 6.45) is 2.03. The maximum Gasteiger partial charge on any atom is 0.239 e. The van der Waals surface area contributed by atoms with E-state index in [4.69, 9.17) is 11.6 Å². The highest BCUT2D eigenvalue weighted by Gasteiger charge is 2.03. The highest BCUT2D eigenvalue weighted by atomic mass is 35.5. The van der Waals surface area contributed by atoms with Gasteiger partial charge in [0.2, 0.25) is 11.8 Å². The first-order chi connectivity index (χ1) is 6.70. The van der Waals surface area contributed by atoms with E-state index in [9.17, 15) is 9.59 Å². The largest absolute Gasteiger partial charge is 0.355 e. The third kappa shape index (κ3) is 7.86. The lowest BCUT2D eigenvalue weighted by Gasteiger charge is -2.04. The van der Waals surface area contributed by atoms with Gasteiger partial charge >= 0.3 is 0 Å². The third-order valence-corrected chi connectivity index (χ3v) is 1.87. The van der Waals surface area contributed by atoms with Crippen LogP contribution >= 0.6 is 11.6 Å². The molecule has 14 heavy (non-hydrogen) atoms. The Hall–Kier alpha value is -0.770. The summed E-state index contributed by atoms with van der Waals surface area (Å²) < 4.78 is 0. The number of halogens is 1.